The average Bonchev–Trinajstić information content (AvgIpc) is 2.80. The molecule has 4 bridgehead atoms. The van der Waals surface area contributed by atoms with Gasteiger partial charge in [-0.2, -0.15) is 0 Å². The van der Waals surface area contributed by atoms with Gasteiger partial charge in [0, 0.05) is 31.9 Å². The number of nitrogens with two attached hydrogens (primary N) is 1. The second kappa shape index (κ2) is 4.59. The van der Waals surface area contributed by atoms with Crippen molar-refractivity contribution < 1.29 is 0 Å². The van der Waals surface area contributed by atoms with E-state index in [-0.39, 0.29) is 0 Å². The van der Waals surface area contributed by atoms with E-state index in [1.165, 1.54) is 50.8 Å². The summed E-state index contributed by atoms with van der Waals surface area (Å²) in [7, 11) is 2.10. The number of hydrogen-bond acceptors (Lipinski definition) is 2. The molecule has 1 aromatic rings. The predicted octanol–water partition coefficient (Wildman–Crippen LogP) is 3.07. The van der Waals surface area contributed by atoms with Crippen LogP contribution in [0.15, 0.2) is 12.4 Å². The first-order chi connectivity index (χ1) is 9.67. The molecule has 4 aliphatic carbocycles. The lowest BCUT2D eigenvalue weighted by Crippen LogP contribution is -2.47. The molecular weight excluding hydrogens is 246 g/mol. The summed E-state index contributed by atoms with van der Waals surface area (Å²) in [4.78, 5) is 4.57. The Bertz CT molecular complexity index is 455. The van der Waals surface area contributed by atoms with E-state index in [4.69, 9.17) is 5.73 Å². The van der Waals surface area contributed by atoms with Gasteiger partial charge in [-0.25, -0.2) is 4.98 Å². The Morgan fingerprint density at radius 3 is 2.30 bits per heavy atom. The van der Waals surface area contributed by atoms with Gasteiger partial charge in [-0.05, 0) is 68.1 Å². The van der Waals surface area contributed by atoms with E-state index in [2.05, 4.69) is 22.8 Å². The summed E-state index contributed by atoms with van der Waals surface area (Å²) >= 11 is 0. The molecule has 4 aliphatic rings. The molecule has 0 spiro atoms. The van der Waals surface area contributed by atoms with E-state index in [1.54, 1.807) is 0 Å². The van der Waals surface area contributed by atoms with Crippen molar-refractivity contribution in [2.45, 2.75) is 50.9 Å². The lowest BCUT2D eigenvalue weighted by atomic mass is 9.48. The van der Waals surface area contributed by atoms with Crippen LogP contribution in [0.5, 0.6) is 0 Å². The molecule has 1 heterocycles. The maximum Gasteiger partial charge on any atom is 0.112 e. The second-order valence-electron chi connectivity index (χ2n) is 7.95. The molecule has 1 aromatic heterocycles. The third kappa shape index (κ3) is 2.02. The molecule has 0 aromatic carbocycles. The van der Waals surface area contributed by atoms with Gasteiger partial charge >= 0.3 is 0 Å². The van der Waals surface area contributed by atoms with Crippen molar-refractivity contribution in [2.24, 2.45) is 36.0 Å². The Kier molecular flexibility index (Phi) is 2.95. The smallest absolute Gasteiger partial charge is 0.112 e. The minimum Gasteiger partial charge on any atom is -0.338 e. The van der Waals surface area contributed by atoms with Crippen molar-refractivity contribution >= 4 is 0 Å². The van der Waals surface area contributed by atoms with E-state index >= 15 is 0 Å². The summed E-state index contributed by atoms with van der Waals surface area (Å²) in [5, 5.41) is 0. The van der Waals surface area contributed by atoms with Crippen LogP contribution in [0.2, 0.25) is 0 Å². The molecule has 0 amide bonds. The highest BCUT2D eigenvalue weighted by molar-refractivity contribution is 5.07. The molecule has 3 nitrogen and oxygen atoms in total. The fraction of sp³-hybridized carbons (Fsp3) is 0.824. The second-order valence-corrected chi connectivity index (χ2v) is 7.95. The number of aryl methyl sites for hydroxylation is 1. The zero-order chi connectivity index (χ0) is 13.7. The van der Waals surface area contributed by atoms with Gasteiger partial charge in [0.05, 0.1) is 0 Å². The summed E-state index contributed by atoms with van der Waals surface area (Å²) in [6, 6.07) is 0. The molecule has 0 saturated heterocycles. The van der Waals surface area contributed by atoms with E-state index in [0.717, 1.165) is 24.3 Å². The Balaban J connectivity index is 1.57. The van der Waals surface area contributed by atoms with Gasteiger partial charge in [0.2, 0.25) is 0 Å². The average molecular weight is 273 g/mol. The maximum absolute atomic E-state index is 6.11. The number of imidazole rings is 1. The zero-order valence-electron chi connectivity index (χ0n) is 12.6. The number of rotatable bonds is 4. The Labute approximate surface area is 122 Å². The molecule has 1 atom stereocenters. The predicted molar refractivity (Wildman–Crippen MR) is 80.2 cm³/mol. The molecule has 4 saturated carbocycles. The Hall–Kier alpha value is -0.830. The number of aromatic nitrogens is 2. The highest BCUT2D eigenvalue weighted by atomic mass is 15.0. The molecular formula is C17H27N3. The van der Waals surface area contributed by atoms with Gasteiger partial charge in [0.25, 0.3) is 0 Å². The normalized spacial score (nSPS) is 40.2. The van der Waals surface area contributed by atoms with E-state index < -0.39 is 0 Å². The van der Waals surface area contributed by atoms with Crippen molar-refractivity contribution in [3.63, 3.8) is 0 Å². The molecule has 0 radical (unpaired) electrons. The molecule has 2 N–H and O–H groups in total. The highest BCUT2D eigenvalue weighted by Crippen LogP contribution is 2.62. The molecule has 4 fully saturated rings. The van der Waals surface area contributed by atoms with Crippen molar-refractivity contribution in [2.75, 3.05) is 6.54 Å². The summed E-state index contributed by atoms with van der Waals surface area (Å²) in [5.74, 6) is 4.73. The van der Waals surface area contributed by atoms with Gasteiger partial charge < -0.3 is 10.3 Å². The molecule has 3 heteroatoms. The zero-order valence-corrected chi connectivity index (χ0v) is 12.6. The standard InChI is InChI=1S/C17H27N3/c1-20-3-2-19-16(20)15(11-18)10-17-7-12-4-13(8-17)6-14(5-12)9-17/h2-3,12-15H,4-11,18H2,1H3. The molecule has 5 rings (SSSR count). The summed E-state index contributed by atoms with van der Waals surface area (Å²) in [6.07, 6.45) is 14.2. The highest BCUT2D eigenvalue weighted by Gasteiger charge is 2.51. The minimum absolute atomic E-state index is 0.450. The van der Waals surface area contributed by atoms with Crippen LogP contribution in [0.4, 0.5) is 0 Å². The number of hydrogen-bond donors (Lipinski definition) is 1. The van der Waals surface area contributed by atoms with Crippen LogP contribution in [-0.2, 0) is 7.05 Å². The lowest BCUT2D eigenvalue weighted by Gasteiger charge is -2.57. The van der Waals surface area contributed by atoms with Gasteiger partial charge in [0.1, 0.15) is 5.82 Å². The Morgan fingerprint density at radius 2 is 1.85 bits per heavy atom. The SMILES string of the molecule is Cn1ccnc1C(CN)CC12CC3CC(CC(C3)C1)C2. The summed E-state index contributed by atoms with van der Waals surface area (Å²) in [5.41, 5.74) is 6.71. The molecule has 110 valence electrons. The van der Waals surface area contributed by atoms with Crippen molar-refractivity contribution in [1.29, 1.82) is 0 Å². The Morgan fingerprint density at radius 1 is 1.25 bits per heavy atom. The van der Waals surface area contributed by atoms with E-state index in [9.17, 15) is 0 Å². The van der Waals surface area contributed by atoms with Crippen LogP contribution in [0.1, 0.15) is 56.7 Å². The third-order valence-electron chi connectivity index (χ3n) is 6.35. The molecule has 1 unspecified atom stereocenters. The topological polar surface area (TPSA) is 43.8 Å². The lowest BCUT2D eigenvalue weighted by molar-refractivity contribution is -0.0608. The molecule has 0 aliphatic heterocycles. The van der Waals surface area contributed by atoms with Crippen LogP contribution < -0.4 is 5.73 Å². The maximum atomic E-state index is 6.11. The van der Waals surface area contributed by atoms with Crippen LogP contribution in [0.3, 0.4) is 0 Å². The van der Waals surface area contributed by atoms with Gasteiger partial charge in [0.15, 0.2) is 0 Å². The number of nitrogens with zero attached hydrogens (tertiary/aromatic N) is 2. The monoisotopic (exact) mass is 273 g/mol. The fourth-order valence-electron chi connectivity index (χ4n) is 6.11. The minimum atomic E-state index is 0.450. The summed E-state index contributed by atoms with van der Waals surface area (Å²) in [6.45, 7) is 0.743. The van der Waals surface area contributed by atoms with Crippen LogP contribution in [0.25, 0.3) is 0 Å². The van der Waals surface area contributed by atoms with Crippen molar-refractivity contribution in [3.05, 3.63) is 18.2 Å². The van der Waals surface area contributed by atoms with Gasteiger partial charge in [-0.1, -0.05) is 0 Å². The molecule has 20 heavy (non-hydrogen) atoms. The largest absolute Gasteiger partial charge is 0.338 e. The third-order valence-corrected chi connectivity index (χ3v) is 6.35. The van der Waals surface area contributed by atoms with Crippen LogP contribution in [0, 0.1) is 23.2 Å². The first-order valence-corrected chi connectivity index (χ1v) is 8.35. The quantitative estimate of drug-likeness (QED) is 0.916. The van der Waals surface area contributed by atoms with E-state index in [0.29, 0.717) is 11.3 Å². The van der Waals surface area contributed by atoms with Crippen molar-refractivity contribution in [1.82, 2.24) is 9.55 Å². The summed E-state index contributed by atoms with van der Waals surface area (Å²) < 4.78 is 2.16. The van der Waals surface area contributed by atoms with Crippen LogP contribution in [-0.4, -0.2) is 16.1 Å². The first kappa shape index (κ1) is 12.9. The van der Waals surface area contributed by atoms with Crippen molar-refractivity contribution in [3.8, 4) is 0 Å². The first-order valence-electron chi connectivity index (χ1n) is 8.35. The fourth-order valence-corrected chi connectivity index (χ4v) is 6.11. The van der Waals surface area contributed by atoms with E-state index in [1.807, 2.05) is 6.20 Å². The van der Waals surface area contributed by atoms with Gasteiger partial charge in [-0.15, -0.1) is 0 Å². The van der Waals surface area contributed by atoms with Crippen LogP contribution >= 0.6 is 0 Å². The van der Waals surface area contributed by atoms with Gasteiger partial charge in [-0.3, -0.25) is 0 Å².